The number of sulfonamides is 1. The van der Waals surface area contributed by atoms with E-state index in [2.05, 4.69) is 15.1 Å². The van der Waals surface area contributed by atoms with E-state index >= 15 is 0 Å². The summed E-state index contributed by atoms with van der Waals surface area (Å²) in [6.07, 6.45) is 3.28. The van der Waals surface area contributed by atoms with Crippen LogP contribution in [0.15, 0.2) is 77.7 Å². The molecule has 2 saturated heterocycles. The van der Waals surface area contributed by atoms with Crippen LogP contribution in [-0.2, 0) is 21.4 Å². The third-order valence-corrected chi connectivity index (χ3v) is 10.3. The minimum atomic E-state index is -4.02. The highest BCUT2D eigenvalue weighted by Gasteiger charge is 2.28. The SMILES string of the molecule is CC(=O)N1CCN(c2nc(Nc3ccc(N(Cc4ccccc4)S(=O)(=O)c4ccc(C)cc4)c(O)c3)nc(N3CCCCC3)n2)CC1.N.N.[HH].[HH]. The minimum absolute atomic E-state index is 0. The van der Waals surface area contributed by atoms with Crippen molar-refractivity contribution in [2.75, 3.05) is 58.7 Å². The van der Waals surface area contributed by atoms with Crippen molar-refractivity contribution >= 4 is 45.2 Å². The van der Waals surface area contributed by atoms with Crippen LogP contribution < -0.4 is 31.7 Å². The van der Waals surface area contributed by atoms with Crippen LogP contribution in [0.5, 0.6) is 5.75 Å². The van der Waals surface area contributed by atoms with Crippen molar-refractivity contribution in [2.24, 2.45) is 0 Å². The van der Waals surface area contributed by atoms with Gasteiger partial charge in [-0.25, -0.2) is 8.42 Å². The number of hydrogen-bond acceptors (Lipinski definition) is 12. The van der Waals surface area contributed by atoms with Crippen LogP contribution in [0, 0.1) is 6.92 Å². The van der Waals surface area contributed by atoms with E-state index in [0.717, 1.165) is 37.1 Å². The molecule has 49 heavy (non-hydrogen) atoms. The first kappa shape index (κ1) is 36.8. The lowest BCUT2D eigenvalue weighted by Gasteiger charge is -2.35. The Morgan fingerprint density at radius 3 is 2.04 bits per heavy atom. The summed E-state index contributed by atoms with van der Waals surface area (Å²) in [5.41, 5.74) is 2.35. The molecule has 2 aliphatic heterocycles. The predicted molar refractivity (Wildman–Crippen MR) is 197 cm³/mol. The Morgan fingerprint density at radius 2 is 1.45 bits per heavy atom. The second-order valence-corrected chi connectivity index (χ2v) is 13.8. The average Bonchev–Trinajstić information content (AvgIpc) is 3.08. The number of carbonyl (C=O) groups excluding carboxylic acids is 1. The van der Waals surface area contributed by atoms with Gasteiger partial charge in [0, 0.05) is 60.8 Å². The number of piperidine rings is 1. The number of hydrogen-bond donors (Lipinski definition) is 4. The van der Waals surface area contributed by atoms with Crippen LogP contribution in [0.2, 0.25) is 0 Å². The Morgan fingerprint density at radius 1 is 0.837 bits per heavy atom. The molecule has 0 atom stereocenters. The number of nitrogens with one attached hydrogen (secondary N) is 1. The van der Waals surface area contributed by atoms with Gasteiger partial charge in [0.1, 0.15) is 5.75 Å². The zero-order valence-electron chi connectivity index (χ0n) is 28.1. The smallest absolute Gasteiger partial charge is 0.264 e. The highest BCUT2D eigenvalue weighted by molar-refractivity contribution is 7.92. The van der Waals surface area contributed by atoms with E-state index in [0.29, 0.717) is 49.7 Å². The molecule has 1 aromatic heterocycles. The number of rotatable bonds is 9. The summed E-state index contributed by atoms with van der Waals surface area (Å²) in [7, 11) is -4.02. The zero-order valence-corrected chi connectivity index (χ0v) is 28.9. The zero-order chi connectivity index (χ0) is 33.0. The van der Waals surface area contributed by atoms with E-state index in [1.165, 1.54) is 16.8 Å². The van der Waals surface area contributed by atoms with Crippen LogP contribution in [0.25, 0.3) is 0 Å². The summed E-state index contributed by atoms with van der Waals surface area (Å²) in [6, 6.07) is 20.7. The van der Waals surface area contributed by atoms with Crippen LogP contribution in [0.4, 0.5) is 29.2 Å². The number of benzene rings is 3. The first-order valence-electron chi connectivity index (χ1n) is 15.9. The fraction of sp³-hybridized carbons (Fsp3) is 0.353. The molecule has 2 aliphatic rings. The van der Waals surface area contributed by atoms with Gasteiger partial charge < -0.3 is 37.4 Å². The molecule has 4 aromatic rings. The van der Waals surface area contributed by atoms with E-state index in [9.17, 15) is 18.3 Å². The molecule has 0 bridgehead atoms. The number of aromatic nitrogens is 3. The van der Waals surface area contributed by atoms with Crippen molar-refractivity contribution in [1.82, 2.24) is 32.2 Å². The highest BCUT2D eigenvalue weighted by atomic mass is 32.2. The molecule has 0 unspecified atom stereocenters. The highest BCUT2D eigenvalue weighted by Crippen LogP contribution is 2.36. The number of phenolic OH excluding ortho intramolecular Hbond substituents is 1. The standard InChI is InChI=1S/C34H40N8O4S.2H3N.2H2/c1-25-11-14-29(15-12-25)47(45,46)42(24-27-9-5-3-6-10-27)30-16-13-28(23-31(30)44)35-32-36-33(40-17-7-4-8-18-40)38-34(37-32)41-21-19-39(20-22-41)26(2)43;;;;/h3,5-6,9-16,23,44H,4,7-8,17-22,24H2,1-2H3,(H,35,36,37,38);2*1H3;2*1H. The molecule has 15 heteroatoms. The first-order valence-corrected chi connectivity index (χ1v) is 17.4. The summed E-state index contributed by atoms with van der Waals surface area (Å²) in [5.74, 6) is 1.24. The number of carbonyl (C=O) groups is 1. The predicted octanol–water partition coefficient (Wildman–Crippen LogP) is 5.50. The van der Waals surface area contributed by atoms with E-state index in [1.807, 2.05) is 42.2 Å². The third kappa shape index (κ3) is 8.54. The lowest BCUT2D eigenvalue weighted by atomic mass is 10.1. The lowest BCUT2D eigenvalue weighted by molar-refractivity contribution is -0.129. The number of aromatic hydroxyl groups is 1. The molecular weight excluding hydrogens is 645 g/mol. The number of nitrogens with zero attached hydrogens (tertiary/aromatic N) is 7. The largest absolute Gasteiger partial charge is 0.506 e. The Balaban J connectivity index is 0.00000225. The average molecular weight is 695 g/mol. The van der Waals surface area contributed by atoms with E-state index < -0.39 is 10.0 Å². The molecule has 14 nitrogen and oxygen atoms in total. The fourth-order valence-corrected chi connectivity index (χ4v) is 7.30. The van der Waals surface area contributed by atoms with Crippen molar-refractivity contribution in [3.63, 3.8) is 0 Å². The number of anilines is 5. The van der Waals surface area contributed by atoms with Gasteiger partial charge in [0.05, 0.1) is 17.1 Å². The number of phenols is 1. The van der Waals surface area contributed by atoms with Gasteiger partial charge >= 0.3 is 0 Å². The molecular formula is C34H50N10O4S. The molecule has 2 fully saturated rings. The van der Waals surface area contributed by atoms with Gasteiger partial charge in [-0.1, -0.05) is 48.0 Å². The van der Waals surface area contributed by atoms with E-state index in [4.69, 9.17) is 15.0 Å². The van der Waals surface area contributed by atoms with Crippen molar-refractivity contribution in [3.05, 3.63) is 83.9 Å². The normalized spacial score (nSPS) is 14.8. The van der Waals surface area contributed by atoms with Crippen LogP contribution in [-0.4, -0.2) is 78.6 Å². The molecule has 0 spiro atoms. The monoisotopic (exact) mass is 694 g/mol. The van der Waals surface area contributed by atoms with E-state index in [-0.39, 0.29) is 43.9 Å². The molecule has 0 saturated carbocycles. The van der Waals surface area contributed by atoms with Crippen molar-refractivity contribution in [3.8, 4) is 5.75 Å². The Hall–Kier alpha value is -4.99. The Bertz CT molecular complexity index is 1830. The Labute approximate surface area is 291 Å². The van der Waals surface area contributed by atoms with Crippen LogP contribution in [0.1, 0.15) is 40.2 Å². The molecule has 0 radical (unpaired) electrons. The maximum atomic E-state index is 14.0. The molecule has 266 valence electrons. The maximum absolute atomic E-state index is 14.0. The van der Waals surface area contributed by atoms with Gasteiger partial charge in [-0.3, -0.25) is 9.10 Å². The van der Waals surface area contributed by atoms with Gasteiger partial charge in [0.2, 0.25) is 23.8 Å². The van der Waals surface area contributed by atoms with Gasteiger partial charge in [0.25, 0.3) is 10.0 Å². The molecule has 3 aromatic carbocycles. The lowest BCUT2D eigenvalue weighted by Crippen LogP contribution is -2.48. The quantitative estimate of drug-likeness (QED) is 0.171. The molecule has 0 aliphatic carbocycles. The topological polar surface area (TPSA) is 205 Å². The summed E-state index contributed by atoms with van der Waals surface area (Å²) in [5, 5.41) is 14.5. The summed E-state index contributed by atoms with van der Waals surface area (Å²) in [6.45, 7) is 7.59. The second-order valence-electron chi connectivity index (χ2n) is 11.9. The number of amides is 1. The summed E-state index contributed by atoms with van der Waals surface area (Å²) >= 11 is 0. The van der Waals surface area contributed by atoms with Crippen molar-refractivity contribution in [2.45, 2.75) is 44.6 Å². The number of piperazine rings is 1. The van der Waals surface area contributed by atoms with Gasteiger partial charge in [-0.2, -0.15) is 15.0 Å². The third-order valence-electron chi connectivity index (χ3n) is 8.54. The molecule has 3 heterocycles. The summed E-state index contributed by atoms with van der Waals surface area (Å²) < 4.78 is 29.1. The van der Waals surface area contributed by atoms with Gasteiger partial charge in [-0.15, -0.1) is 0 Å². The van der Waals surface area contributed by atoms with Crippen LogP contribution in [0.3, 0.4) is 0 Å². The maximum Gasteiger partial charge on any atom is 0.264 e. The molecule has 1 amide bonds. The van der Waals surface area contributed by atoms with Crippen molar-refractivity contribution in [1.29, 1.82) is 0 Å². The summed E-state index contributed by atoms with van der Waals surface area (Å²) in [4.78, 5) is 32.3. The number of aryl methyl sites for hydroxylation is 1. The molecule has 6 rings (SSSR count). The second kappa shape index (κ2) is 15.9. The first-order chi connectivity index (χ1) is 22.7. The van der Waals surface area contributed by atoms with Gasteiger partial charge in [-0.05, 0) is 56.0 Å². The van der Waals surface area contributed by atoms with Gasteiger partial charge in [0.15, 0.2) is 0 Å². The molecule has 8 N–H and O–H groups in total. The van der Waals surface area contributed by atoms with Crippen LogP contribution >= 0.6 is 0 Å². The van der Waals surface area contributed by atoms with Crippen molar-refractivity contribution < 1.29 is 21.2 Å². The Kier molecular flexibility index (Phi) is 12.0. The minimum Gasteiger partial charge on any atom is -0.506 e. The fourth-order valence-electron chi connectivity index (χ4n) is 5.84. The van der Waals surface area contributed by atoms with E-state index in [1.54, 1.807) is 43.3 Å².